The first kappa shape index (κ1) is 17.8. The Labute approximate surface area is 139 Å². The van der Waals surface area contributed by atoms with Crippen molar-refractivity contribution in [1.82, 2.24) is 9.29 Å². The third kappa shape index (κ3) is 5.22. The highest BCUT2D eigenvalue weighted by atomic mass is 32.2. The molecule has 0 aliphatic rings. The second-order valence-corrected chi connectivity index (χ2v) is 7.93. The first-order chi connectivity index (χ1) is 10.9. The molecule has 0 atom stereocenters. The molecule has 23 heavy (non-hydrogen) atoms. The van der Waals surface area contributed by atoms with Crippen molar-refractivity contribution in [1.29, 1.82) is 0 Å². The molecule has 0 radical (unpaired) electrons. The second-order valence-electron chi connectivity index (χ2n) is 6.01. The van der Waals surface area contributed by atoms with Crippen molar-refractivity contribution in [3.05, 3.63) is 58.9 Å². The fourth-order valence-electron chi connectivity index (χ4n) is 2.71. The van der Waals surface area contributed by atoms with E-state index in [0.29, 0.717) is 13.0 Å². The third-order valence-corrected chi connectivity index (χ3v) is 5.79. The van der Waals surface area contributed by atoms with Gasteiger partial charge < -0.3 is 4.57 Å². The average Bonchev–Trinajstić information content (AvgIpc) is 2.75. The maximum absolute atomic E-state index is 12.1. The quantitative estimate of drug-likeness (QED) is 0.807. The molecule has 1 aromatic heterocycles. The van der Waals surface area contributed by atoms with Crippen LogP contribution in [0.2, 0.25) is 0 Å². The first-order valence-corrected chi connectivity index (χ1v) is 9.67. The molecule has 0 amide bonds. The van der Waals surface area contributed by atoms with E-state index in [1.54, 1.807) is 0 Å². The van der Waals surface area contributed by atoms with Crippen LogP contribution in [0.5, 0.6) is 0 Å². The maximum Gasteiger partial charge on any atom is 0.211 e. The predicted molar refractivity (Wildman–Crippen MR) is 95.1 cm³/mol. The summed E-state index contributed by atoms with van der Waals surface area (Å²) in [6.07, 6.45) is 2.16. The van der Waals surface area contributed by atoms with Gasteiger partial charge in [-0.3, -0.25) is 0 Å². The molecule has 0 fully saturated rings. The summed E-state index contributed by atoms with van der Waals surface area (Å²) < 4.78 is 28.9. The number of hydrogen-bond acceptors (Lipinski definition) is 2. The molecule has 1 heterocycles. The van der Waals surface area contributed by atoms with E-state index in [1.807, 2.05) is 37.4 Å². The minimum absolute atomic E-state index is 0.175. The number of nitrogens with one attached hydrogen (secondary N) is 1. The Morgan fingerprint density at radius 2 is 1.78 bits per heavy atom. The van der Waals surface area contributed by atoms with Crippen LogP contribution in [0, 0.1) is 13.8 Å². The monoisotopic (exact) mass is 334 g/mol. The minimum atomic E-state index is -3.19. The van der Waals surface area contributed by atoms with Crippen molar-refractivity contribution in [2.24, 2.45) is 7.05 Å². The highest BCUT2D eigenvalue weighted by Crippen LogP contribution is 2.13. The molecule has 5 heteroatoms. The van der Waals surface area contributed by atoms with Gasteiger partial charge in [0.15, 0.2) is 0 Å². The largest absolute Gasteiger partial charge is 0.352 e. The van der Waals surface area contributed by atoms with Gasteiger partial charge in [-0.15, -0.1) is 0 Å². The number of nitrogens with zero attached hydrogens (tertiary/aromatic N) is 1. The van der Waals surface area contributed by atoms with E-state index >= 15 is 0 Å². The van der Waals surface area contributed by atoms with Crippen molar-refractivity contribution in [2.45, 2.75) is 33.1 Å². The molecular formula is C18H26N2O2S. The van der Waals surface area contributed by atoms with Crippen LogP contribution in [-0.4, -0.2) is 25.3 Å². The zero-order valence-electron chi connectivity index (χ0n) is 14.2. The van der Waals surface area contributed by atoms with Crippen molar-refractivity contribution in [3.63, 3.8) is 0 Å². The smallest absolute Gasteiger partial charge is 0.211 e. The van der Waals surface area contributed by atoms with Gasteiger partial charge in [0, 0.05) is 25.0 Å². The van der Waals surface area contributed by atoms with Gasteiger partial charge in [-0.25, -0.2) is 13.1 Å². The first-order valence-electron chi connectivity index (χ1n) is 8.02. The van der Waals surface area contributed by atoms with Gasteiger partial charge in [0.05, 0.1) is 5.75 Å². The number of rotatable bonds is 8. The van der Waals surface area contributed by atoms with Crippen LogP contribution in [-0.2, 0) is 29.9 Å². The van der Waals surface area contributed by atoms with Crippen LogP contribution < -0.4 is 4.72 Å². The van der Waals surface area contributed by atoms with Crippen molar-refractivity contribution < 1.29 is 8.42 Å². The summed E-state index contributed by atoms with van der Waals surface area (Å²) in [5, 5.41) is 0. The van der Waals surface area contributed by atoms with Gasteiger partial charge in [0.25, 0.3) is 0 Å². The normalized spacial score (nSPS) is 11.8. The topological polar surface area (TPSA) is 51.1 Å². The van der Waals surface area contributed by atoms with E-state index in [2.05, 4.69) is 29.2 Å². The molecule has 0 aliphatic carbocycles. The molecular weight excluding hydrogens is 308 g/mol. The van der Waals surface area contributed by atoms with Gasteiger partial charge in [-0.2, -0.15) is 0 Å². The Hall–Kier alpha value is -1.59. The molecule has 0 saturated carbocycles. The van der Waals surface area contributed by atoms with E-state index < -0.39 is 10.0 Å². The van der Waals surface area contributed by atoms with Crippen molar-refractivity contribution >= 4 is 10.0 Å². The van der Waals surface area contributed by atoms with Gasteiger partial charge in [0.1, 0.15) is 0 Å². The van der Waals surface area contributed by atoms with E-state index in [4.69, 9.17) is 0 Å². The maximum atomic E-state index is 12.1. The Morgan fingerprint density at radius 3 is 2.39 bits per heavy atom. The van der Waals surface area contributed by atoms with Crippen LogP contribution in [0.25, 0.3) is 0 Å². The van der Waals surface area contributed by atoms with Crippen molar-refractivity contribution in [2.75, 3.05) is 12.3 Å². The summed E-state index contributed by atoms with van der Waals surface area (Å²) in [7, 11) is -1.17. The zero-order valence-corrected chi connectivity index (χ0v) is 15.0. The fraction of sp³-hybridized carbons (Fsp3) is 0.444. The fourth-order valence-corrected chi connectivity index (χ4v) is 3.79. The summed E-state index contributed by atoms with van der Waals surface area (Å²) >= 11 is 0. The van der Waals surface area contributed by atoms with Crippen LogP contribution in [0.4, 0.5) is 0 Å². The van der Waals surface area contributed by atoms with E-state index in [1.165, 1.54) is 22.5 Å². The molecule has 4 nitrogen and oxygen atoms in total. The zero-order chi connectivity index (χ0) is 16.9. The van der Waals surface area contributed by atoms with E-state index in [0.717, 1.165) is 12.8 Å². The number of aromatic nitrogens is 1. The number of benzene rings is 1. The lowest BCUT2D eigenvalue weighted by atomic mass is 10.1. The lowest BCUT2D eigenvalue weighted by molar-refractivity contribution is 0.578. The van der Waals surface area contributed by atoms with Crippen molar-refractivity contribution in [3.8, 4) is 0 Å². The molecule has 1 N–H and O–H groups in total. The van der Waals surface area contributed by atoms with Crippen LogP contribution >= 0.6 is 0 Å². The molecule has 126 valence electrons. The summed E-state index contributed by atoms with van der Waals surface area (Å²) in [4.78, 5) is 0. The standard InChI is InChI=1S/C18H26N2O2S/c1-15-14-18(16(2)20(15)3)11-12-19-23(21,22)13-7-10-17-8-5-4-6-9-17/h4-6,8-9,14,19H,7,10-13H2,1-3H3. The molecule has 2 aromatic rings. The summed E-state index contributed by atoms with van der Waals surface area (Å²) in [6.45, 7) is 4.58. The Balaban J connectivity index is 1.76. The highest BCUT2D eigenvalue weighted by Gasteiger charge is 2.11. The SMILES string of the molecule is Cc1cc(CCNS(=O)(=O)CCCc2ccccc2)c(C)n1C. The lowest BCUT2D eigenvalue weighted by Gasteiger charge is -2.07. The molecule has 0 spiro atoms. The summed E-state index contributed by atoms with van der Waals surface area (Å²) in [5.41, 5.74) is 4.78. The number of hydrogen-bond donors (Lipinski definition) is 1. The predicted octanol–water partition coefficient (Wildman–Crippen LogP) is 2.74. The van der Waals surface area contributed by atoms with E-state index in [9.17, 15) is 8.42 Å². The lowest BCUT2D eigenvalue weighted by Crippen LogP contribution is -2.28. The van der Waals surface area contributed by atoms with Gasteiger partial charge in [-0.1, -0.05) is 30.3 Å². The third-order valence-electron chi connectivity index (χ3n) is 4.32. The number of sulfonamides is 1. The van der Waals surface area contributed by atoms with Gasteiger partial charge in [0.2, 0.25) is 10.0 Å². The Bertz CT molecular complexity index is 734. The molecule has 2 rings (SSSR count). The van der Waals surface area contributed by atoms with Gasteiger partial charge in [-0.05, 0) is 50.3 Å². The number of aryl methyl sites for hydroxylation is 2. The van der Waals surface area contributed by atoms with Crippen LogP contribution in [0.15, 0.2) is 36.4 Å². The highest BCUT2D eigenvalue weighted by molar-refractivity contribution is 7.89. The average molecular weight is 334 g/mol. The van der Waals surface area contributed by atoms with Crippen LogP contribution in [0.1, 0.15) is 28.9 Å². The molecule has 1 aromatic carbocycles. The van der Waals surface area contributed by atoms with Gasteiger partial charge >= 0.3 is 0 Å². The molecule has 0 unspecified atom stereocenters. The Kier molecular flexibility index (Phi) is 6.02. The van der Waals surface area contributed by atoms with E-state index in [-0.39, 0.29) is 5.75 Å². The Morgan fingerprint density at radius 1 is 1.09 bits per heavy atom. The van der Waals surface area contributed by atoms with Crippen LogP contribution in [0.3, 0.4) is 0 Å². The molecule has 0 saturated heterocycles. The summed E-state index contributed by atoms with van der Waals surface area (Å²) in [5.74, 6) is 0.175. The second kappa shape index (κ2) is 7.79. The minimum Gasteiger partial charge on any atom is -0.352 e. The summed E-state index contributed by atoms with van der Waals surface area (Å²) in [6, 6.07) is 12.1. The molecule has 0 aliphatic heterocycles. The molecule has 0 bridgehead atoms.